The van der Waals surface area contributed by atoms with Crippen LogP contribution in [0, 0.1) is 18.3 Å². The van der Waals surface area contributed by atoms with E-state index in [1.807, 2.05) is 0 Å². The van der Waals surface area contributed by atoms with Crippen molar-refractivity contribution in [3.63, 3.8) is 0 Å². The van der Waals surface area contributed by atoms with Crippen molar-refractivity contribution in [2.75, 3.05) is 56.2 Å². The molecule has 1 N–H and O–H groups in total. The zero-order chi connectivity index (χ0) is 26.8. The van der Waals surface area contributed by atoms with Crippen molar-refractivity contribution >= 4 is 22.3 Å². The Balaban J connectivity index is 1.37. The van der Waals surface area contributed by atoms with E-state index >= 15 is 0 Å². The number of piperazine rings is 1. The van der Waals surface area contributed by atoms with Crippen molar-refractivity contribution in [2.24, 2.45) is 0 Å². The Morgan fingerprint density at radius 3 is 2.82 bits per heavy atom. The van der Waals surface area contributed by atoms with E-state index in [9.17, 15) is 5.26 Å². The van der Waals surface area contributed by atoms with Gasteiger partial charge in [0.1, 0.15) is 12.4 Å². The lowest BCUT2D eigenvalue weighted by Gasteiger charge is -2.35. The standard InChI is InChI=1S/C31H39N7O/c1-22-11-12-23-7-3-4-9-26(23)29(22)37-17-6-10-27-28(20-37)34-31(39-21-25-8-5-16-36(25)2)35-30(27)38-18-15-33-24(19-38)13-14-32/h3-4,7,9,11-12,24-25,33H,5-6,8,10,13,15-21H2,1-2H3/t24-,25-/m0/s1. The van der Waals surface area contributed by atoms with Crippen molar-refractivity contribution in [3.05, 3.63) is 53.2 Å². The van der Waals surface area contributed by atoms with E-state index in [-0.39, 0.29) is 6.04 Å². The van der Waals surface area contributed by atoms with Crippen LogP contribution in [-0.4, -0.2) is 73.3 Å². The highest BCUT2D eigenvalue weighted by atomic mass is 16.5. The molecule has 0 spiro atoms. The molecule has 2 saturated heterocycles. The largest absolute Gasteiger partial charge is 0.462 e. The molecule has 0 bridgehead atoms. The number of ether oxygens (including phenoxy) is 1. The van der Waals surface area contributed by atoms with Gasteiger partial charge >= 0.3 is 6.01 Å². The summed E-state index contributed by atoms with van der Waals surface area (Å²) in [5.74, 6) is 0.996. The first-order chi connectivity index (χ1) is 19.1. The summed E-state index contributed by atoms with van der Waals surface area (Å²) in [7, 11) is 2.17. The van der Waals surface area contributed by atoms with Gasteiger partial charge < -0.3 is 24.8 Å². The summed E-state index contributed by atoms with van der Waals surface area (Å²) in [5.41, 5.74) is 4.88. The molecule has 0 saturated carbocycles. The van der Waals surface area contributed by atoms with Crippen molar-refractivity contribution in [1.82, 2.24) is 20.2 Å². The lowest BCUT2D eigenvalue weighted by Crippen LogP contribution is -2.51. The number of hydrogen-bond acceptors (Lipinski definition) is 8. The number of hydrogen-bond donors (Lipinski definition) is 1. The summed E-state index contributed by atoms with van der Waals surface area (Å²) in [5, 5.41) is 15.4. The van der Waals surface area contributed by atoms with Gasteiger partial charge in [0, 0.05) is 54.9 Å². The van der Waals surface area contributed by atoms with Gasteiger partial charge in [-0.15, -0.1) is 0 Å². The fourth-order valence-corrected chi connectivity index (χ4v) is 6.51. The summed E-state index contributed by atoms with van der Waals surface area (Å²) in [6.45, 7) is 8.11. The predicted molar refractivity (Wildman–Crippen MR) is 155 cm³/mol. The third-order valence-corrected chi connectivity index (χ3v) is 8.63. The molecule has 4 heterocycles. The van der Waals surface area contributed by atoms with E-state index in [4.69, 9.17) is 14.7 Å². The zero-order valence-corrected chi connectivity index (χ0v) is 23.2. The second-order valence-corrected chi connectivity index (χ2v) is 11.3. The van der Waals surface area contributed by atoms with Crippen molar-refractivity contribution in [1.29, 1.82) is 5.26 Å². The molecule has 0 aliphatic carbocycles. The Kier molecular flexibility index (Phi) is 7.53. The Morgan fingerprint density at radius 1 is 1.08 bits per heavy atom. The van der Waals surface area contributed by atoms with Gasteiger partial charge in [-0.3, -0.25) is 0 Å². The quantitative estimate of drug-likeness (QED) is 0.516. The topological polar surface area (TPSA) is 80.6 Å². The number of aromatic nitrogens is 2. The SMILES string of the molecule is Cc1ccc2ccccc2c1N1CCCc2c(nc(OC[C@@H]3CCCN3C)nc2N2CCN[C@@H](CC#N)C2)C1. The Morgan fingerprint density at radius 2 is 1.97 bits per heavy atom. The Hall–Kier alpha value is -3.41. The summed E-state index contributed by atoms with van der Waals surface area (Å²) >= 11 is 0. The van der Waals surface area contributed by atoms with E-state index in [1.165, 1.54) is 34.0 Å². The zero-order valence-electron chi connectivity index (χ0n) is 23.2. The maximum Gasteiger partial charge on any atom is 0.318 e. The van der Waals surface area contributed by atoms with Crippen LogP contribution in [0.15, 0.2) is 36.4 Å². The first-order valence-electron chi connectivity index (χ1n) is 14.4. The molecule has 2 atom stereocenters. The molecular formula is C31H39N7O. The van der Waals surface area contributed by atoms with Crippen LogP contribution in [0.1, 0.15) is 42.5 Å². The van der Waals surface area contributed by atoms with Crippen molar-refractivity contribution < 1.29 is 4.74 Å². The number of likely N-dealkylation sites (tertiary alicyclic amines) is 1. The van der Waals surface area contributed by atoms with Gasteiger partial charge in [-0.05, 0) is 57.1 Å². The number of likely N-dealkylation sites (N-methyl/N-ethyl adjacent to an activating group) is 1. The number of nitriles is 1. The minimum Gasteiger partial charge on any atom is -0.462 e. The third kappa shape index (κ3) is 5.39. The molecule has 2 aromatic carbocycles. The molecule has 1 aromatic heterocycles. The second kappa shape index (κ2) is 11.4. The highest BCUT2D eigenvalue weighted by Crippen LogP contribution is 2.35. The van der Waals surface area contributed by atoms with E-state index in [1.54, 1.807) is 0 Å². The van der Waals surface area contributed by atoms with E-state index in [0.29, 0.717) is 25.1 Å². The molecule has 204 valence electrons. The van der Waals surface area contributed by atoms with Crippen molar-refractivity contribution in [3.8, 4) is 12.1 Å². The first kappa shape index (κ1) is 25.8. The number of aryl methyl sites for hydroxylation is 1. The van der Waals surface area contributed by atoms with Crippen LogP contribution in [-0.2, 0) is 13.0 Å². The molecular weight excluding hydrogens is 486 g/mol. The molecule has 0 radical (unpaired) electrons. The minimum atomic E-state index is 0.145. The number of nitrogens with zero attached hydrogens (tertiary/aromatic N) is 6. The fraction of sp³-hybridized carbons (Fsp3) is 0.516. The average Bonchev–Trinajstić information content (AvgIpc) is 3.24. The third-order valence-electron chi connectivity index (χ3n) is 8.63. The molecule has 2 fully saturated rings. The Labute approximate surface area is 231 Å². The number of fused-ring (bicyclic) bond motifs is 2. The lowest BCUT2D eigenvalue weighted by atomic mass is 10.0. The molecule has 3 aliphatic heterocycles. The van der Waals surface area contributed by atoms with Gasteiger partial charge in [0.2, 0.25) is 0 Å². The normalized spacial score (nSPS) is 22.0. The van der Waals surface area contributed by atoms with E-state index in [2.05, 4.69) is 76.5 Å². The summed E-state index contributed by atoms with van der Waals surface area (Å²) < 4.78 is 6.33. The van der Waals surface area contributed by atoms with Crippen LogP contribution >= 0.6 is 0 Å². The molecule has 3 aliphatic rings. The summed E-state index contributed by atoms with van der Waals surface area (Å²) in [6.07, 6.45) is 4.82. The Bertz CT molecular complexity index is 1370. The van der Waals surface area contributed by atoms with Crippen molar-refractivity contribution in [2.45, 2.75) is 57.7 Å². The minimum absolute atomic E-state index is 0.145. The van der Waals surface area contributed by atoms with E-state index in [0.717, 1.165) is 70.0 Å². The van der Waals surface area contributed by atoms with Crippen LogP contribution < -0.4 is 19.9 Å². The summed E-state index contributed by atoms with van der Waals surface area (Å²) in [4.78, 5) is 17.3. The highest BCUT2D eigenvalue weighted by Gasteiger charge is 2.29. The fourth-order valence-electron chi connectivity index (χ4n) is 6.51. The van der Waals surface area contributed by atoms with Crippen LogP contribution in [0.4, 0.5) is 11.5 Å². The molecule has 0 unspecified atom stereocenters. The van der Waals surface area contributed by atoms with Crippen LogP contribution in [0.25, 0.3) is 10.8 Å². The van der Waals surface area contributed by atoms with Crippen LogP contribution in [0.3, 0.4) is 0 Å². The lowest BCUT2D eigenvalue weighted by molar-refractivity contribution is 0.187. The number of benzene rings is 2. The summed E-state index contributed by atoms with van der Waals surface area (Å²) in [6, 6.07) is 16.5. The van der Waals surface area contributed by atoms with Gasteiger partial charge in [0.25, 0.3) is 0 Å². The number of rotatable bonds is 6. The molecule has 39 heavy (non-hydrogen) atoms. The average molecular weight is 526 g/mol. The number of anilines is 2. The van der Waals surface area contributed by atoms with Gasteiger partial charge in [0.15, 0.2) is 0 Å². The maximum absolute atomic E-state index is 9.32. The van der Waals surface area contributed by atoms with E-state index < -0.39 is 0 Å². The van der Waals surface area contributed by atoms with Gasteiger partial charge in [-0.2, -0.15) is 15.2 Å². The van der Waals surface area contributed by atoms with Crippen LogP contribution in [0.5, 0.6) is 6.01 Å². The molecule has 8 heteroatoms. The maximum atomic E-state index is 9.32. The molecule has 6 rings (SSSR count). The highest BCUT2D eigenvalue weighted by molar-refractivity contribution is 5.96. The molecule has 3 aromatic rings. The number of nitrogens with one attached hydrogen (secondary N) is 1. The van der Waals surface area contributed by atoms with Gasteiger partial charge in [-0.25, -0.2) is 0 Å². The first-order valence-corrected chi connectivity index (χ1v) is 14.4. The molecule has 8 nitrogen and oxygen atoms in total. The van der Waals surface area contributed by atoms with Gasteiger partial charge in [-0.1, -0.05) is 36.4 Å². The second-order valence-electron chi connectivity index (χ2n) is 11.3. The smallest absolute Gasteiger partial charge is 0.318 e. The molecule has 0 amide bonds. The van der Waals surface area contributed by atoms with Crippen LogP contribution in [0.2, 0.25) is 0 Å². The van der Waals surface area contributed by atoms with Gasteiger partial charge in [0.05, 0.1) is 24.7 Å². The predicted octanol–water partition coefficient (Wildman–Crippen LogP) is 4.06. The monoisotopic (exact) mass is 525 g/mol.